The zero-order valence-corrected chi connectivity index (χ0v) is 8.88. The van der Waals surface area contributed by atoms with Crippen LogP contribution in [0.5, 0.6) is 5.88 Å². The van der Waals surface area contributed by atoms with Crippen molar-refractivity contribution < 1.29 is 9.13 Å². The highest BCUT2D eigenvalue weighted by molar-refractivity contribution is 9.10. The van der Waals surface area contributed by atoms with Crippen LogP contribution in [-0.4, -0.2) is 17.1 Å². The summed E-state index contributed by atoms with van der Waals surface area (Å²) in [4.78, 5) is 7.91. The summed E-state index contributed by atoms with van der Waals surface area (Å²) in [6.45, 7) is 0. The van der Waals surface area contributed by atoms with Gasteiger partial charge in [-0.15, -0.1) is 0 Å². The molecular weight excluding hydrogens is 251 g/mol. The summed E-state index contributed by atoms with van der Waals surface area (Å²) in [6, 6.07) is 2.70. The van der Waals surface area contributed by atoms with Crippen LogP contribution in [0.15, 0.2) is 22.9 Å². The van der Waals surface area contributed by atoms with Crippen molar-refractivity contribution in [3.05, 3.63) is 28.7 Å². The molecule has 0 unspecified atom stereocenters. The molecule has 0 bridgehead atoms. The number of rotatable bonds is 1. The Hall–Kier alpha value is -1.23. The van der Waals surface area contributed by atoms with Gasteiger partial charge in [0.2, 0.25) is 5.88 Å². The van der Waals surface area contributed by atoms with E-state index in [4.69, 9.17) is 4.74 Å². The minimum Gasteiger partial charge on any atom is -0.480 e. The lowest BCUT2D eigenvalue weighted by Gasteiger charge is -2.04. The molecule has 1 aromatic heterocycles. The standard InChI is InChI=1S/C9H6BrFN2O/c1-14-9-6-2-5(11)3-7(10)8(6)12-4-13-9/h2-4H,1H3. The molecule has 14 heavy (non-hydrogen) atoms. The lowest BCUT2D eigenvalue weighted by atomic mass is 10.2. The van der Waals surface area contributed by atoms with E-state index in [2.05, 4.69) is 25.9 Å². The van der Waals surface area contributed by atoms with E-state index in [-0.39, 0.29) is 5.82 Å². The summed E-state index contributed by atoms with van der Waals surface area (Å²) < 4.78 is 18.7. The first-order valence-electron chi connectivity index (χ1n) is 3.86. The number of halogens is 2. The van der Waals surface area contributed by atoms with Crippen molar-refractivity contribution in [2.75, 3.05) is 7.11 Å². The lowest BCUT2D eigenvalue weighted by Crippen LogP contribution is -1.92. The molecular formula is C9H6BrFN2O. The molecule has 0 aliphatic heterocycles. The molecule has 0 saturated carbocycles. The number of ether oxygens (including phenoxy) is 1. The first kappa shape index (κ1) is 9.33. The van der Waals surface area contributed by atoms with Crippen LogP contribution in [0.3, 0.4) is 0 Å². The quantitative estimate of drug-likeness (QED) is 0.787. The Morgan fingerprint density at radius 1 is 1.36 bits per heavy atom. The molecule has 0 fully saturated rings. The third-order valence-electron chi connectivity index (χ3n) is 1.81. The Kier molecular flexibility index (Phi) is 2.33. The van der Waals surface area contributed by atoms with Crippen LogP contribution < -0.4 is 4.74 Å². The zero-order chi connectivity index (χ0) is 10.1. The van der Waals surface area contributed by atoms with Crippen molar-refractivity contribution in [2.45, 2.75) is 0 Å². The predicted molar refractivity (Wildman–Crippen MR) is 53.7 cm³/mol. The van der Waals surface area contributed by atoms with Gasteiger partial charge in [-0.05, 0) is 28.1 Å². The van der Waals surface area contributed by atoms with Crippen LogP contribution in [0.2, 0.25) is 0 Å². The average molecular weight is 257 g/mol. The van der Waals surface area contributed by atoms with Crippen LogP contribution in [0.25, 0.3) is 10.9 Å². The number of hydrogen-bond donors (Lipinski definition) is 0. The molecule has 0 atom stereocenters. The van der Waals surface area contributed by atoms with Crippen molar-refractivity contribution in [2.24, 2.45) is 0 Å². The van der Waals surface area contributed by atoms with Crippen molar-refractivity contribution in [1.82, 2.24) is 9.97 Å². The Balaban J connectivity index is 2.86. The van der Waals surface area contributed by atoms with E-state index in [0.717, 1.165) is 0 Å². The average Bonchev–Trinajstić information content (AvgIpc) is 2.17. The fourth-order valence-corrected chi connectivity index (χ4v) is 1.77. The van der Waals surface area contributed by atoms with E-state index < -0.39 is 0 Å². The fraction of sp³-hybridized carbons (Fsp3) is 0.111. The molecule has 0 spiro atoms. The summed E-state index contributed by atoms with van der Waals surface area (Å²) in [5, 5.41) is 0.557. The maximum atomic E-state index is 13.1. The Labute approximate surface area is 88.1 Å². The van der Waals surface area contributed by atoms with E-state index in [0.29, 0.717) is 21.3 Å². The molecule has 1 aromatic carbocycles. The lowest BCUT2D eigenvalue weighted by molar-refractivity contribution is 0.402. The van der Waals surface area contributed by atoms with Gasteiger partial charge in [-0.25, -0.2) is 14.4 Å². The highest BCUT2D eigenvalue weighted by Gasteiger charge is 2.08. The van der Waals surface area contributed by atoms with Gasteiger partial charge in [0.05, 0.1) is 18.0 Å². The third kappa shape index (κ3) is 1.43. The summed E-state index contributed by atoms with van der Waals surface area (Å²) in [6.07, 6.45) is 1.38. The fourth-order valence-electron chi connectivity index (χ4n) is 1.23. The number of methoxy groups -OCH3 is 1. The van der Waals surface area contributed by atoms with Gasteiger partial charge in [0.1, 0.15) is 12.1 Å². The van der Waals surface area contributed by atoms with Gasteiger partial charge in [0.15, 0.2) is 0 Å². The molecule has 0 saturated heterocycles. The second-order valence-electron chi connectivity index (χ2n) is 2.67. The predicted octanol–water partition coefficient (Wildman–Crippen LogP) is 2.54. The van der Waals surface area contributed by atoms with Gasteiger partial charge >= 0.3 is 0 Å². The van der Waals surface area contributed by atoms with Gasteiger partial charge in [-0.1, -0.05) is 0 Å². The summed E-state index contributed by atoms with van der Waals surface area (Å²) >= 11 is 3.23. The van der Waals surface area contributed by atoms with E-state index in [1.807, 2.05) is 0 Å². The monoisotopic (exact) mass is 256 g/mol. The molecule has 3 nitrogen and oxygen atoms in total. The molecule has 0 radical (unpaired) electrons. The molecule has 0 N–H and O–H groups in total. The van der Waals surface area contributed by atoms with Gasteiger partial charge in [-0.3, -0.25) is 0 Å². The number of hydrogen-bond acceptors (Lipinski definition) is 3. The molecule has 0 amide bonds. The Morgan fingerprint density at radius 2 is 2.14 bits per heavy atom. The molecule has 2 rings (SSSR count). The minimum atomic E-state index is -0.350. The van der Waals surface area contributed by atoms with Crippen molar-refractivity contribution in [1.29, 1.82) is 0 Å². The first-order chi connectivity index (χ1) is 6.72. The molecule has 72 valence electrons. The van der Waals surface area contributed by atoms with Gasteiger partial charge in [0.25, 0.3) is 0 Å². The van der Waals surface area contributed by atoms with Gasteiger partial charge in [-0.2, -0.15) is 0 Å². The highest BCUT2D eigenvalue weighted by atomic mass is 79.9. The molecule has 0 aliphatic rings. The van der Waals surface area contributed by atoms with Gasteiger partial charge < -0.3 is 4.74 Å². The third-order valence-corrected chi connectivity index (χ3v) is 2.42. The molecule has 0 aliphatic carbocycles. The Bertz CT molecular complexity index is 489. The van der Waals surface area contributed by atoms with Crippen LogP contribution in [0.1, 0.15) is 0 Å². The SMILES string of the molecule is COc1ncnc2c(Br)cc(F)cc12. The summed E-state index contributed by atoms with van der Waals surface area (Å²) in [7, 11) is 1.49. The van der Waals surface area contributed by atoms with E-state index >= 15 is 0 Å². The van der Waals surface area contributed by atoms with E-state index in [1.54, 1.807) is 0 Å². The zero-order valence-electron chi connectivity index (χ0n) is 7.29. The largest absolute Gasteiger partial charge is 0.480 e. The van der Waals surface area contributed by atoms with Crippen LogP contribution in [0, 0.1) is 5.82 Å². The van der Waals surface area contributed by atoms with E-state index in [9.17, 15) is 4.39 Å². The molecule has 2 aromatic rings. The minimum absolute atomic E-state index is 0.350. The molecule has 1 heterocycles. The number of aromatic nitrogens is 2. The number of benzene rings is 1. The second kappa shape index (κ2) is 3.49. The first-order valence-corrected chi connectivity index (χ1v) is 4.65. The van der Waals surface area contributed by atoms with Crippen molar-refractivity contribution >= 4 is 26.8 Å². The highest BCUT2D eigenvalue weighted by Crippen LogP contribution is 2.28. The summed E-state index contributed by atoms with van der Waals surface area (Å²) in [5.74, 6) is 0.0210. The summed E-state index contributed by atoms with van der Waals surface area (Å²) in [5.41, 5.74) is 0.637. The van der Waals surface area contributed by atoms with Crippen LogP contribution in [-0.2, 0) is 0 Å². The number of fused-ring (bicyclic) bond motifs is 1. The number of nitrogens with zero attached hydrogens (tertiary/aromatic N) is 2. The maximum absolute atomic E-state index is 13.1. The van der Waals surface area contributed by atoms with Crippen molar-refractivity contribution in [3.8, 4) is 5.88 Å². The van der Waals surface area contributed by atoms with Crippen molar-refractivity contribution in [3.63, 3.8) is 0 Å². The topological polar surface area (TPSA) is 35.0 Å². The van der Waals surface area contributed by atoms with Crippen LogP contribution in [0.4, 0.5) is 4.39 Å². The van der Waals surface area contributed by atoms with E-state index in [1.165, 1.54) is 25.6 Å². The van der Waals surface area contributed by atoms with Crippen LogP contribution >= 0.6 is 15.9 Å². The smallest absolute Gasteiger partial charge is 0.224 e. The van der Waals surface area contributed by atoms with Gasteiger partial charge in [0, 0.05) is 4.47 Å². The maximum Gasteiger partial charge on any atom is 0.224 e. The normalized spacial score (nSPS) is 10.5. The molecule has 5 heteroatoms. The Morgan fingerprint density at radius 3 is 2.86 bits per heavy atom. The second-order valence-corrected chi connectivity index (χ2v) is 3.52.